The maximum atomic E-state index is 11.9. The van der Waals surface area contributed by atoms with Crippen LogP contribution in [0.5, 0.6) is 0 Å². The van der Waals surface area contributed by atoms with Crippen LogP contribution in [0, 0.1) is 9.49 Å². The molecule has 0 spiro atoms. The Labute approximate surface area is 124 Å². The number of hydrogen-bond acceptors (Lipinski definition) is 4. The van der Waals surface area contributed by atoms with Crippen LogP contribution in [-0.4, -0.2) is 28.1 Å². The van der Waals surface area contributed by atoms with Gasteiger partial charge in [-0.25, -0.2) is 4.98 Å². The highest BCUT2D eigenvalue weighted by atomic mass is 127. The lowest BCUT2D eigenvalue weighted by atomic mass is 10.1. The summed E-state index contributed by atoms with van der Waals surface area (Å²) in [5, 5.41) is 0. The monoisotopic (exact) mass is 380 g/mol. The molecule has 6 heteroatoms. The maximum absolute atomic E-state index is 11.9. The third-order valence-corrected chi connectivity index (χ3v) is 4.78. The Morgan fingerprint density at radius 1 is 1.61 bits per heavy atom. The van der Waals surface area contributed by atoms with Crippen LogP contribution in [0.15, 0.2) is 4.79 Å². The molecule has 0 bridgehead atoms. The zero-order valence-corrected chi connectivity index (χ0v) is 13.5. The number of thioether (sulfide) groups is 1. The Kier molecular flexibility index (Phi) is 5.08. The molecular formula is C12H17IN2O2S. The van der Waals surface area contributed by atoms with Gasteiger partial charge in [-0.1, -0.05) is 13.8 Å². The minimum atomic E-state index is -0.0700. The summed E-state index contributed by atoms with van der Waals surface area (Å²) in [5.41, 5.74) is 0.846. The molecule has 2 rings (SSSR count). The van der Waals surface area contributed by atoms with Gasteiger partial charge in [0.2, 0.25) is 0 Å². The van der Waals surface area contributed by atoms with Crippen LogP contribution in [-0.2, 0) is 11.2 Å². The van der Waals surface area contributed by atoms with Crippen molar-refractivity contribution in [1.82, 2.24) is 9.97 Å². The fourth-order valence-corrected chi connectivity index (χ4v) is 3.17. The molecule has 18 heavy (non-hydrogen) atoms. The second kappa shape index (κ2) is 6.38. The van der Waals surface area contributed by atoms with E-state index in [0.717, 1.165) is 30.2 Å². The number of ether oxygens (including phenoxy) is 1. The van der Waals surface area contributed by atoms with E-state index in [1.54, 1.807) is 0 Å². The number of nitrogens with one attached hydrogen (secondary N) is 1. The summed E-state index contributed by atoms with van der Waals surface area (Å²) in [6.07, 6.45) is 0.758. The van der Waals surface area contributed by atoms with E-state index in [4.69, 9.17) is 4.74 Å². The van der Waals surface area contributed by atoms with Gasteiger partial charge in [-0.2, -0.15) is 11.8 Å². The van der Waals surface area contributed by atoms with Gasteiger partial charge in [0.1, 0.15) is 11.9 Å². The van der Waals surface area contributed by atoms with Crippen LogP contribution >= 0.6 is 34.4 Å². The van der Waals surface area contributed by atoms with Crippen LogP contribution in [0.3, 0.4) is 0 Å². The number of rotatable bonds is 3. The molecule has 1 aliphatic rings. The molecule has 1 unspecified atom stereocenters. The Bertz CT molecular complexity index is 470. The molecule has 2 heterocycles. The fraction of sp³-hybridized carbons (Fsp3) is 0.667. The molecule has 0 saturated carbocycles. The summed E-state index contributed by atoms with van der Waals surface area (Å²) in [4.78, 5) is 19.4. The summed E-state index contributed by atoms with van der Waals surface area (Å²) in [6.45, 7) is 4.99. The Morgan fingerprint density at radius 3 is 3.00 bits per heavy atom. The molecule has 1 aromatic heterocycles. The Morgan fingerprint density at radius 2 is 2.39 bits per heavy atom. The van der Waals surface area contributed by atoms with Crippen molar-refractivity contribution in [2.45, 2.75) is 26.4 Å². The van der Waals surface area contributed by atoms with Crippen molar-refractivity contribution >= 4 is 34.4 Å². The first-order valence-corrected chi connectivity index (χ1v) is 8.29. The zero-order chi connectivity index (χ0) is 13.1. The van der Waals surface area contributed by atoms with Crippen molar-refractivity contribution < 1.29 is 4.74 Å². The quantitative estimate of drug-likeness (QED) is 0.819. The maximum Gasteiger partial charge on any atom is 0.264 e. The third-order valence-electron chi connectivity index (χ3n) is 2.67. The normalized spacial score (nSPS) is 20.3. The van der Waals surface area contributed by atoms with E-state index < -0.39 is 0 Å². The SMILES string of the molecule is CC(C)Cc1nc(C2CSCCO2)[nH]c(=O)c1I. The topological polar surface area (TPSA) is 55.0 Å². The van der Waals surface area contributed by atoms with Crippen LogP contribution in [0.4, 0.5) is 0 Å². The van der Waals surface area contributed by atoms with Gasteiger partial charge >= 0.3 is 0 Å². The number of nitrogens with zero attached hydrogens (tertiary/aromatic N) is 1. The van der Waals surface area contributed by atoms with Crippen LogP contribution < -0.4 is 5.56 Å². The second-order valence-corrected chi connectivity index (χ2v) is 6.97. The smallest absolute Gasteiger partial charge is 0.264 e. The van der Waals surface area contributed by atoms with Gasteiger partial charge in [0.25, 0.3) is 5.56 Å². The van der Waals surface area contributed by atoms with Crippen LogP contribution in [0.1, 0.15) is 31.5 Å². The first kappa shape index (κ1) is 14.3. The molecule has 1 N–H and O–H groups in total. The predicted molar refractivity (Wildman–Crippen MR) is 82.1 cm³/mol. The van der Waals surface area contributed by atoms with Crippen LogP contribution in [0.25, 0.3) is 0 Å². The van der Waals surface area contributed by atoms with Crippen molar-refractivity contribution in [3.63, 3.8) is 0 Å². The van der Waals surface area contributed by atoms with E-state index in [1.165, 1.54) is 0 Å². The lowest BCUT2D eigenvalue weighted by molar-refractivity contribution is 0.0690. The van der Waals surface area contributed by atoms with Gasteiger partial charge < -0.3 is 9.72 Å². The third kappa shape index (κ3) is 3.48. The summed E-state index contributed by atoms with van der Waals surface area (Å²) < 4.78 is 6.37. The highest BCUT2D eigenvalue weighted by Crippen LogP contribution is 2.24. The zero-order valence-electron chi connectivity index (χ0n) is 10.5. The Hall–Kier alpha value is -0.0800. The molecule has 0 radical (unpaired) electrons. The van der Waals surface area contributed by atoms with Gasteiger partial charge in [0, 0.05) is 11.5 Å². The second-order valence-electron chi connectivity index (χ2n) is 4.74. The lowest BCUT2D eigenvalue weighted by Crippen LogP contribution is -2.25. The van der Waals surface area contributed by atoms with E-state index in [0.29, 0.717) is 15.3 Å². The lowest BCUT2D eigenvalue weighted by Gasteiger charge is -2.22. The van der Waals surface area contributed by atoms with Gasteiger partial charge in [-0.3, -0.25) is 4.79 Å². The predicted octanol–water partition coefficient (Wildman–Crippen LogP) is 2.38. The van der Waals surface area contributed by atoms with Crippen LogP contribution in [0.2, 0.25) is 0 Å². The first-order chi connectivity index (χ1) is 8.58. The van der Waals surface area contributed by atoms with E-state index in [1.807, 2.05) is 11.8 Å². The average Bonchev–Trinajstić information content (AvgIpc) is 2.35. The van der Waals surface area contributed by atoms with E-state index in [2.05, 4.69) is 46.4 Å². The molecule has 1 aliphatic heterocycles. The van der Waals surface area contributed by atoms with E-state index in [9.17, 15) is 4.79 Å². The molecule has 1 saturated heterocycles. The molecule has 0 aliphatic carbocycles. The highest BCUT2D eigenvalue weighted by molar-refractivity contribution is 14.1. The fourth-order valence-electron chi connectivity index (χ4n) is 1.84. The standard InChI is InChI=1S/C12H17IN2O2S/c1-7(2)5-8-10(13)12(16)15-11(14-8)9-6-18-4-3-17-9/h7,9H,3-6H2,1-2H3,(H,14,15,16). The Balaban J connectivity index is 2.30. The van der Waals surface area contributed by atoms with Crippen molar-refractivity contribution in [3.8, 4) is 0 Å². The summed E-state index contributed by atoms with van der Waals surface area (Å²) in [5.74, 6) is 3.06. The van der Waals surface area contributed by atoms with Crippen molar-refractivity contribution in [3.05, 3.63) is 25.4 Å². The van der Waals surface area contributed by atoms with Crippen molar-refractivity contribution in [2.75, 3.05) is 18.1 Å². The number of aromatic amines is 1. The number of aromatic nitrogens is 2. The van der Waals surface area contributed by atoms with Gasteiger partial charge in [0.15, 0.2) is 0 Å². The summed E-state index contributed by atoms with van der Waals surface area (Å²) in [7, 11) is 0. The van der Waals surface area contributed by atoms with Crippen molar-refractivity contribution in [2.24, 2.45) is 5.92 Å². The highest BCUT2D eigenvalue weighted by Gasteiger charge is 2.21. The number of halogens is 1. The molecule has 1 fully saturated rings. The molecule has 1 aromatic rings. The summed E-state index contributed by atoms with van der Waals surface area (Å²) >= 11 is 3.91. The summed E-state index contributed by atoms with van der Waals surface area (Å²) in [6, 6.07) is 0. The minimum Gasteiger partial charge on any atom is -0.369 e. The molecule has 100 valence electrons. The molecule has 1 atom stereocenters. The minimum absolute atomic E-state index is 0.0459. The van der Waals surface area contributed by atoms with Gasteiger partial charge in [0.05, 0.1) is 15.9 Å². The first-order valence-electron chi connectivity index (χ1n) is 6.06. The molecular weight excluding hydrogens is 363 g/mol. The molecule has 0 amide bonds. The molecule has 0 aromatic carbocycles. The van der Waals surface area contributed by atoms with E-state index in [-0.39, 0.29) is 11.7 Å². The largest absolute Gasteiger partial charge is 0.369 e. The van der Waals surface area contributed by atoms with Gasteiger partial charge in [-0.15, -0.1) is 0 Å². The van der Waals surface area contributed by atoms with E-state index >= 15 is 0 Å². The average molecular weight is 380 g/mol. The number of H-pyrrole nitrogens is 1. The number of hydrogen-bond donors (Lipinski definition) is 1. The molecule has 4 nitrogen and oxygen atoms in total. The van der Waals surface area contributed by atoms with Crippen molar-refractivity contribution in [1.29, 1.82) is 0 Å². The van der Waals surface area contributed by atoms with Gasteiger partial charge in [-0.05, 0) is 34.9 Å².